The van der Waals surface area contributed by atoms with Gasteiger partial charge in [0, 0.05) is 4.47 Å². The average Bonchev–Trinajstić information content (AvgIpc) is 2.49. The zero-order chi connectivity index (χ0) is 8.55. The van der Waals surface area contributed by atoms with Gasteiger partial charge in [0.15, 0.2) is 0 Å². The zero-order valence-corrected chi connectivity index (χ0v) is 10.0. The normalized spacial score (nSPS) is 10.8. The molecule has 0 bridgehead atoms. The number of hydrogen-bond acceptors (Lipinski definition) is 2. The van der Waals surface area contributed by atoms with Crippen molar-refractivity contribution in [3.8, 4) is 0 Å². The number of fused-ring (bicyclic) bond motifs is 1. The van der Waals surface area contributed by atoms with Crippen molar-refractivity contribution < 1.29 is 0 Å². The number of thiazole rings is 1. The van der Waals surface area contributed by atoms with Crippen LogP contribution < -0.4 is 0 Å². The summed E-state index contributed by atoms with van der Waals surface area (Å²) in [6.45, 7) is 0. The van der Waals surface area contributed by atoms with Crippen molar-refractivity contribution in [1.82, 2.24) is 4.98 Å². The Morgan fingerprint density at radius 1 is 1.42 bits per heavy atom. The summed E-state index contributed by atoms with van der Waals surface area (Å²) < 4.78 is 2.36. The third-order valence-corrected chi connectivity index (χ3v) is 4.46. The molecule has 0 saturated carbocycles. The van der Waals surface area contributed by atoms with Crippen LogP contribution in [0.2, 0.25) is 0 Å². The maximum Gasteiger partial charge on any atom is 0.104 e. The van der Waals surface area contributed by atoms with Gasteiger partial charge in [-0.15, -0.1) is 11.3 Å². The Kier molecular flexibility index (Phi) is 2.48. The van der Waals surface area contributed by atoms with Crippen LogP contribution in [0.3, 0.4) is 0 Å². The highest BCUT2D eigenvalue weighted by Gasteiger charge is 2.04. The molecule has 0 aliphatic carbocycles. The lowest BCUT2D eigenvalue weighted by Gasteiger charge is -1.88. The van der Waals surface area contributed by atoms with Gasteiger partial charge < -0.3 is 0 Å². The number of hydrogen-bond donors (Lipinski definition) is 0. The van der Waals surface area contributed by atoms with Crippen molar-refractivity contribution in [2.24, 2.45) is 0 Å². The molecule has 1 aromatic heterocycles. The highest BCUT2D eigenvalue weighted by molar-refractivity contribution is 9.10. The fraction of sp³-hybridized carbons (Fsp3) is 0.125. The molecule has 2 aromatic rings. The third-order valence-electron chi connectivity index (χ3n) is 1.53. The molecule has 0 fully saturated rings. The summed E-state index contributed by atoms with van der Waals surface area (Å²) in [4.78, 5) is 4.43. The molecule has 1 nitrogen and oxygen atoms in total. The molecular formula is C8H5Br2NS. The first-order valence-electron chi connectivity index (χ1n) is 3.41. The highest BCUT2D eigenvalue weighted by atomic mass is 79.9. The van der Waals surface area contributed by atoms with Crippen molar-refractivity contribution in [3.63, 3.8) is 0 Å². The number of alkyl halides is 1. The molecule has 0 atom stereocenters. The average molecular weight is 307 g/mol. The lowest BCUT2D eigenvalue weighted by Crippen LogP contribution is -1.71. The van der Waals surface area contributed by atoms with Crippen molar-refractivity contribution in [1.29, 1.82) is 0 Å². The second kappa shape index (κ2) is 3.44. The number of aromatic nitrogens is 1. The van der Waals surface area contributed by atoms with E-state index in [0.717, 1.165) is 20.3 Å². The van der Waals surface area contributed by atoms with Crippen molar-refractivity contribution in [3.05, 3.63) is 27.7 Å². The minimum absolute atomic E-state index is 0.832. The Labute approximate surface area is 91.1 Å². The molecule has 62 valence electrons. The van der Waals surface area contributed by atoms with E-state index >= 15 is 0 Å². The van der Waals surface area contributed by atoms with Crippen LogP contribution in [-0.2, 0) is 5.33 Å². The molecule has 0 amide bonds. The van der Waals surface area contributed by atoms with Gasteiger partial charge in [0.2, 0.25) is 0 Å². The first-order chi connectivity index (χ1) is 5.81. The van der Waals surface area contributed by atoms with E-state index in [1.165, 1.54) is 4.70 Å². The van der Waals surface area contributed by atoms with Gasteiger partial charge in [0.1, 0.15) is 5.01 Å². The molecule has 0 N–H and O–H groups in total. The summed E-state index contributed by atoms with van der Waals surface area (Å²) in [5.41, 5.74) is 1.07. The van der Waals surface area contributed by atoms with Crippen LogP contribution in [0.25, 0.3) is 10.2 Å². The van der Waals surface area contributed by atoms with E-state index in [0.29, 0.717) is 0 Å². The van der Waals surface area contributed by atoms with E-state index < -0.39 is 0 Å². The monoisotopic (exact) mass is 305 g/mol. The minimum Gasteiger partial charge on any atom is -0.240 e. The van der Waals surface area contributed by atoms with E-state index in [1.807, 2.05) is 18.2 Å². The molecule has 2 rings (SSSR count). The van der Waals surface area contributed by atoms with Crippen LogP contribution in [0.4, 0.5) is 0 Å². The topological polar surface area (TPSA) is 12.9 Å². The van der Waals surface area contributed by atoms with E-state index in [-0.39, 0.29) is 0 Å². The largest absolute Gasteiger partial charge is 0.240 e. The Bertz CT molecular complexity index is 410. The van der Waals surface area contributed by atoms with Gasteiger partial charge in [-0.1, -0.05) is 22.0 Å². The number of benzene rings is 1. The molecule has 1 aromatic carbocycles. The van der Waals surface area contributed by atoms with E-state index in [2.05, 4.69) is 36.8 Å². The standard InChI is InChI=1S/C8H5Br2NS/c9-4-7-11-6-3-1-2-5(10)8(6)12-7/h1-3H,4H2. The number of rotatable bonds is 1. The van der Waals surface area contributed by atoms with Crippen molar-refractivity contribution in [2.75, 3.05) is 0 Å². The second-order valence-electron chi connectivity index (χ2n) is 2.33. The van der Waals surface area contributed by atoms with Crippen LogP contribution in [0.5, 0.6) is 0 Å². The van der Waals surface area contributed by atoms with Gasteiger partial charge in [-0.25, -0.2) is 4.98 Å². The Hall–Kier alpha value is 0.0700. The van der Waals surface area contributed by atoms with Crippen LogP contribution in [0.1, 0.15) is 5.01 Å². The van der Waals surface area contributed by atoms with Crippen molar-refractivity contribution in [2.45, 2.75) is 5.33 Å². The fourth-order valence-corrected chi connectivity index (χ4v) is 2.90. The molecule has 0 aliphatic heterocycles. The second-order valence-corrected chi connectivity index (χ2v) is 4.83. The Balaban J connectivity index is 2.74. The lowest BCUT2D eigenvalue weighted by atomic mass is 10.3. The van der Waals surface area contributed by atoms with Gasteiger partial charge in [-0.05, 0) is 28.1 Å². The van der Waals surface area contributed by atoms with Crippen molar-refractivity contribution >= 4 is 53.4 Å². The van der Waals surface area contributed by atoms with Gasteiger partial charge in [-0.2, -0.15) is 0 Å². The van der Waals surface area contributed by atoms with E-state index in [9.17, 15) is 0 Å². The quantitative estimate of drug-likeness (QED) is 0.727. The summed E-state index contributed by atoms with van der Waals surface area (Å²) in [6.07, 6.45) is 0. The predicted molar refractivity (Wildman–Crippen MR) is 60.0 cm³/mol. The first-order valence-corrected chi connectivity index (χ1v) is 6.14. The first kappa shape index (κ1) is 8.66. The fourth-order valence-electron chi connectivity index (χ4n) is 1.02. The molecule has 4 heteroatoms. The number of nitrogens with zero attached hydrogens (tertiary/aromatic N) is 1. The molecule has 12 heavy (non-hydrogen) atoms. The van der Waals surface area contributed by atoms with Crippen LogP contribution >= 0.6 is 43.2 Å². The SMILES string of the molecule is BrCc1nc2cccc(Br)c2s1. The van der Waals surface area contributed by atoms with E-state index in [1.54, 1.807) is 11.3 Å². The minimum atomic E-state index is 0.832. The summed E-state index contributed by atoms with van der Waals surface area (Å²) in [5.74, 6) is 0. The molecule has 0 saturated heterocycles. The zero-order valence-electron chi connectivity index (χ0n) is 6.05. The molecular weight excluding hydrogens is 302 g/mol. The molecule has 0 aliphatic rings. The lowest BCUT2D eigenvalue weighted by molar-refractivity contribution is 1.32. The van der Waals surface area contributed by atoms with Gasteiger partial charge in [0.05, 0.1) is 15.5 Å². The molecule has 0 spiro atoms. The molecule has 0 unspecified atom stereocenters. The maximum atomic E-state index is 4.43. The predicted octanol–water partition coefficient (Wildman–Crippen LogP) is 3.95. The third kappa shape index (κ3) is 1.43. The Morgan fingerprint density at radius 2 is 2.25 bits per heavy atom. The van der Waals surface area contributed by atoms with Crippen LogP contribution in [0, 0.1) is 0 Å². The van der Waals surface area contributed by atoms with Crippen LogP contribution in [0.15, 0.2) is 22.7 Å². The maximum absolute atomic E-state index is 4.43. The summed E-state index contributed by atoms with van der Waals surface area (Å²) in [5, 5.41) is 1.95. The summed E-state index contributed by atoms with van der Waals surface area (Å²) >= 11 is 8.61. The van der Waals surface area contributed by atoms with E-state index in [4.69, 9.17) is 0 Å². The highest BCUT2D eigenvalue weighted by Crippen LogP contribution is 2.29. The Morgan fingerprint density at radius 3 is 2.92 bits per heavy atom. The molecule has 0 radical (unpaired) electrons. The number of halogens is 2. The summed E-state index contributed by atoms with van der Waals surface area (Å²) in [6, 6.07) is 6.07. The molecule has 1 heterocycles. The summed E-state index contributed by atoms with van der Waals surface area (Å²) in [7, 11) is 0. The van der Waals surface area contributed by atoms with Gasteiger partial charge in [0.25, 0.3) is 0 Å². The van der Waals surface area contributed by atoms with Gasteiger partial charge >= 0.3 is 0 Å². The smallest absolute Gasteiger partial charge is 0.104 e. The van der Waals surface area contributed by atoms with Crippen LogP contribution in [-0.4, -0.2) is 4.98 Å². The van der Waals surface area contributed by atoms with Gasteiger partial charge in [-0.3, -0.25) is 0 Å².